The van der Waals surface area contributed by atoms with Gasteiger partial charge in [0.1, 0.15) is 12.6 Å². The van der Waals surface area contributed by atoms with Crippen LogP contribution in [0.3, 0.4) is 0 Å². The maximum absolute atomic E-state index is 11.9. The summed E-state index contributed by atoms with van der Waals surface area (Å²) in [6.07, 6.45) is 3.90. The van der Waals surface area contributed by atoms with E-state index in [1.165, 1.54) is 11.1 Å². The third-order valence-electron chi connectivity index (χ3n) is 3.25. The van der Waals surface area contributed by atoms with Crippen LogP contribution in [0.1, 0.15) is 31.9 Å². The fourth-order valence-electron chi connectivity index (χ4n) is 2.05. The van der Waals surface area contributed by atoms with E-state index in [9.17, 15) is 4.79 Å². The van der Waals surface area contributed by atoms with E-state index in [2.05, 4.69) is 37.4 Å². The molecule has 0 aliphatic carbocycles. The van der Waals surface area contributed by atoms with Gasteiger partial charge in [-0.15, -0.1) is 0 Å². The predicted molar refractivity (Wildman–Crippen MR) is 87.6 cm³/mol. The maximum atomic E-state index is 11.9. The third kappa shape index (κ3) is 4.75. The number of ether oxygens (including phenoxy) is 1. The molecule has 0 radical (unpaired) electrons. The van der Waals surface area contributed by atoms with E-state index >= 15 is 0 Å². The van der Waals surface area contributed by atoms with Gasteiger partial charge in [0.15, 0.2) is 0 Å². The molecule has 0 aromatic heterocycles. The third-order valence-corrected chi connectivity index (χ3v) is 3.82. The number of hydrogen-bond donors (Lipinski definition) is 1. The summed E-state index contributed by atoms with van der Waals surface area (Å²) in [4.78, 5) is 11.9. The first-order chi connectivity index (χ1) is 9.63. The lowest BCUT2D eigenvalue weighted by Gasteiger charge is -2.19. The number of benzene rings is 1. The van der Waals surface area contributed by atoms with E-state index in [1.807, 2.05) is 13.2 Å². The van der Waals surface area contributed by atoms with Crippen molar-refractivity contribution in [1.29, 1.82) is 0 Å². The molecular weight excluding hydrogens is 270 g/mol. The molecule has 0 bridgehead atoms. The Morgan fingerprint density at radius 1 is 1.30 bits per heavy atom. The molecule has 20 heavy (non-hydrogen) atoms. The molecule has 0 saturated heterocycles. The topological polar surface area (TPSA) is 38.3 Å². The fraction of sp³-hybridized carbons (Fsp3) is 0.562. The number of carbonyl (C=O) groups excluding carboxylic acids is 1. The first kappa shape index (κ1) is 16.9. The number of aryl methyl sites for hydroxylation is 2. The average Bonchev–Trinajstić information content (AvgIpc) is 2.47. The predicted octanol–water partition coefficient (Wildman–Crippen LogP) is 3.52. The van der Waals surface area contributed by atoms with Gasteiger partial charge in [0.25, 0.3) is 0 Å². The van der Waals surface area contributed by atoms with Gasteiger partial charge < -0.3 is 10.1 Å². The van der Waals surface area contributed by atoms with Crippen LogP contribution in [0.2, 0.25) is 0 Å². The number of nitrogens with one attached hydrogen (secondary N) is 1. The van der Waals surface area contributed by atoms with Gasteiger partial charge in [-0.3, -0.25) is 0 Å². The molecule has 0 amide bonds. The van der Waals surface area contributed by atoms with Crippen molar-refractivity contribution in [3.05, 3.63) is 29.3 Å². The Hall–Kier alpha value is -1.16. The van der Waals surface area contributed by atoms with Crippen LogP contribution >= 0.6 is 11.8 Å². The number of hydrogen-bond acceptors (Lipinski definition) is 4. The zero-order chi connectivity index (χ0) is 15.0. The van der Waals surface area contributed by atoms with Crippen molar-refractivity contribution in [2.75, 3.05) is 23.9 Å². The second-order valence-corrected chi connectivity index (χ2v) is 5.67. The monoisotopic (exact) mass is 295 g/mol. The van der Waals surface area contributed by atoms with E-state index in [4.69, 9.17) is 4.74 Å². The first-order valence-corrected chi connectivity index (χ1v) is 8.56. The lowest BCUT2D eigenvalue weighted by atomic mass is 10.0. The van der Waals surface area contributed by atoms with Crippen molar-refractivity contribution >= 4 is 23.4 Å². The molecule has 1 atom stereocenters. The zero-order valence-electron chi connectivity index (χ0n) is 12.9. The Balaban J connectivity index is 2.74. The van der Waals surface area contributed by atoms with E-state index in [0.717, 1.165) is 24.3 Å². The molecule has 1 rings (SSSR count). The van der Waals surface area contributed by atoms with E-state index < -0.39 is 0 Å². The highest BCUT2D eigenvalue weighted by Crippen LogP contribution is 2.23. The van der Waals surface area contributed by atoms with Crippen molar-refractivity contribution in [3.63, 3.8) is 0 Å². The SMILES string of the molecule is CCc1cccc(CC)c1N[C@@H](C)C(=O)OCCSC. The van der Waals surface area contributed by atoms with Gasteiger partial charge in [-0.25, -0.2) is 4.79 Å². The van der Waals surface area contributed by atoms with Crippen molar-refractivity contribution in [2.24, 2.45) is 0 Å². The minimum atomic E-state index is -0.324. The molecule has 3 nitrogen and oxygen atoms in total. The van der Waals surface area contributed by atoms with Crippen LogP contribution in [-0.2, 0) is 22.4 Å². The summed E-state index contributed by atoms with van der Waals surface area (Å²) >= 11 is 1.67. The van der Waals surface area contributed by atoms with Crippen molar-refractivity contribution < 1.29 is 9.53 Å². The highest BCUT2D eigenvalue weighted by molar-refractivity contribution is 7.98. The number of thioether (sulfide) groups is 1. The van der Waals surface area contributed by atoms with E-state index in [-0.39, 0.29) is 12.0 Å². The summed E-state index contributed by atoms with van der Waals surface area (Å²) in [5, 5.41) is 3.33. The summed E-state index contributed by atoms with van der Waals surface area (Å²) < 4.78 is 5.24. The van der Waals surface area contributed by atoms with Gasteiger partial charge in [-0.2, -0.15) is 11.8 Å². The van der Waals surface area contributed by atoms with Gasteiger partial charge in [-0.1, -0.05) is 32.0 Å². The number of carbonyl (C=O) groups is 1. The molecule has 0 unspecified atom stereocenters. The van der Waals surface area contributed by atoms with Crippen LogP contribution in [0.4, 0.5) is 5.69 Å². The standard InChI is InChI=1S/C16H25NO2S/c1-5-13-8-7-9-14(6-2)15(13)17-12(3)16(18)19-10-11-20-4/h7-9,12,17H,5-6,10-11H2,1-4H3/t12-/m0/s1. The summed E-state index contributed by atoms with van der Waals surface area (Å²) in [5.74, 6) is 0.650. The smallest absolute Gasteiger partial charge is 0.328 e. The van der Waals surface area contributed by atoms with Gasteiger partial charge in [0, 0.05) is 11.4 Å². The van der Waals surface area contributed by atoms with E-state index in [1.54, 1.807) is 11.8 Å². The van der Waals surface area contributed by atoms with Crippen LogP contribution < -0.4 is 5.32 Å². The van der Waals surface area contributed by atoms with Gasteiger partial charge in [0.2, 0.25) is 0 Å². The summed E-state index contributed by atoms with van der Waals surface area (Å²) in [5.41, 5.74) is 3.58. The quantitative estimate of drug-likeness (QED) is 0.588. The Labute approximate surface area is 126 Å². The molecule has 0 aliphatic heterocycles. The molecule has 0 heterocycles. The Bertz CT molecular complexity index is 412. The second kappa shape index (κ2) is 8.90. The molecule has 4 heteroatoms. The number of anilines is 1. The maximum Gasteiger partial charge on any atom is 0.328 e. The number of esters is 1. The van der Waals surface area contributed by atoms with Gasteiger partial charge in [-0.05, 0) is 37.1 Å². The highest BCUT2D eigenvalue weighted by Gasteiger charge is 2.16. The minimum Gasteiger partial charge on any atom is -0.463 e. The van der Waals surface area contributed by atoms with Crippen molar-refractivity contribution in [3.8, 4) is 0 Å². The zero-order valence-corrected chi connectivity index (χ0v) is 13.7. The van der Waals surface area contributed by atoms with Gasteiger partial charge >= 0.3 is 5.97 Å². The average molecular weight is 295 g/mol. The van der Waals surface area contributed by atoms with Crippen LogP contribution in [0.5, 0.6) is 0 Å². The Morgan fingerprint density at radius 3 is 2.40 bits per heavy atom. The van der Waals surface area contributed by atoms with Crippen molar-refractivity contribution in [1.82, 2.24) is 0 Å². The number of para-hydroxylation sites is 1. The molecular formula is C16H25NO2S. The molecule has 1 aromatic carbocycles. The second-order valence-electron chi connectivity index (χ2n) is 4.68. The Morgan fingerprint density at radius 2 is 1.90 bits per heavy atom. The van der Waals surface area contributed by atoms with Crippen LogP contribution in [0.15, 0.2) is 18.2 Å². The highest BCUT2D eigenvalue weighted by atomic mass is 32.2. The lowest BCUT2D eigenvalue weighted by Crippen LogP contribution is -2.29. The normalized spacial score (nSPS) is 12.0. The summed E-state index contributed by atoms with van der Waals surface area (Å²) in [7, 11) is 0. The summed E-state index contributed by atoms with van der Waals surface area (Å²) in [6, 6.07) is 5.96. The number of rotatable bonds is 8. The van der Waals surface area contributed by atoms with Crippen LogP contribution in [0, 0.1) is 0 Å². The Kier molecular flexibility index (Phi) is 7.52. The molecule has 112 valence electrons. The molecule has 1 aromatic rings. The molecule has 0 spiro atoms. The molecule has 0 fully saturated rings. The van der Waals surface area contributed by atoms with Crippen LogP contribution in [0.25, 0.3) is 0 Å². The fourth-order valence-corrected chi connectivity index (χ4v) is 2.30. The molecule has 1 N–H and O–H groups in total. The first-order valence-electron chi connectivity index (χ1n) is 7.16. The minimum absolute atomic E-state index is 0.188. The summed E-state index contributed by atoms with van der Waals surface area (Å²) in [6.45, 7) is 6.58. The van der Waals surface area contributed by atoms with E-state index in [0.29, 0.717) is 6.61 Å². The largest absolute Gasteiger partial charge is 0.463 e. The lowest BCUT2D eigenvalue weighted by molar-refractivity contribution is -0.143. The van der Waals surface area contributed by atoms with Crippen molar-refractivity contribution in [2.45, 2.75) is 39.7 Å². The molecule has 0 saturated carbocycles. The van der Waals surface area contributed by atoms with Crippen LogP contribution in [-0.4, -0.2) is 30.6 Å². The molecule has 0 aliphatic rings. The van der Waals surface area contributed by atoms with Gasteiger partial charge in [0.05, 0.1) is 0 Å².